The summed E-state index contributed by atoms with van der Waals surface area (Å²) in [6, 6.07) is 0.542. The molecule has 0 spiro atoms. The van der Waals surface area contributed by atoms with Crippen molar-refractivity contribution >= 4 is 0 Å². The standard InChI is InChI=1S/C13H29NO/c1-10(2)7-8-15-13(11(3)4)9-14-12(5)6/h10-14H,7-9H2,1-6H3. The lowest BCUT2D eigenvalue weighted by molar-refractivity contribution is 0.0165. The van der Waals surface area contributed by atoms with Crippen LogP contribution >= 0.6 is 0 Å². The Balaban J connectivity index is 3.73. The average Bonchev–Trinajstić information content (AvgIpc) is 2.09. The Morgan fingerprint density at radius 3 is 2.00 bits per heavy atom. The molecule has 0 amide bonds. The minimum absolute atomic E-state index is 0.353. The third kappa shape index (κ3) is 8.88. The summed E-state index contributed by atoms with van der Waals surface area (Å²) in [7, 11) is 0. The molecule has 0 rings (SSSR count). The van der Waals surface area contributed by atoms with Gasteiger partial charge in [-0.05, 0) is 18.3 Å². The summed E-state index contributed by atoms with van der Waals surface area (Å²) in [5, 5.41) is 3.44. The van der Waals surface area contributed by atoms with Gasteiger partial charge < -0.3 is 10.1 Å². The third-order valence-corrected chi connectivity index (χ3v) is 2.50. The van der Waals surface area contributed by atoms with Gasteiger partial charge in [0.2, 0.25) is 0 Å². The Bertz CT molecular complexity index is 143. The normalized spacial score (nSPS) is 14.2. The number of rotatable bonds is 8. The van der Waals surface area contributed by atoms with E-state index in [1.54, 1.807) is 0 Å². The Hall–Kier alpha value is -0.0800. The van der Waals surface area contributed by atoms with Crippen LogP contribution in [-0.2, 0) is 4.74 Å². The van der Waals surface area contributed by atoms with Crippen LogP contribution in [0.3, 0.4) is 0 Å². The molecule has 0 aliphatic rings. The van der Waals surface area contributed by atoms with Gasteiger partial charge >= 0.3 is 0 Å². The van der Waals surface area contributed by atoms with E-state index in [0.29, 0.717) is 18.1 Å². The summed E-state index contributed by atoms with van der Waals surface area (Å²) in [5.41, 5.74) is 0. The van der Waals surface area contributed by atoms with Crippen molar-refractivity contribution in [3.63, 3.8) is 0 Å². The van der Waals surface area contributed by atoms with E-state index in [1.807, 2.05) is 0 Å². The smallest absolute Gasteiger partial charge is 0.0722 e. The highest BCUT2D eigenvalue weighted by Gasteiger charge is 2.13. The average molecular weight is 215 g/mol. The van der Waals surface area contributed by atoms with E-state index in [9.17, 15) is 0 Å². The van der Waals surface area contributed by atoms with E-state index >= 15 is 0 Å². The second kappa shape index (κ2) is 8.12. The van der Waals surface area contributed by atoms with Crippen LogP contribution in [0, 0.1) is 11.8 Å². The lowest BCUT2D eigenvalue weighted by atomic mass is 10.1. The molecule has 0 saturated heterocycles. The van der Waals surface area contributed by atoms with Gasteiger partial charge in [0, 0.05) is 19.2 Å². The fraction of sp³-hybridized carbons (Fsp3) is 1.00. The van der Waals surface area contributed by atoms with Crippen LogP contribution in [0.15, 0.2) is 0 Å². The van der Waals surface area contributed by atoms with Crippen LogP contribution in [-0.4, -0.2) is 25.3 Å². The zero-order chi connectivity index (χ0) is 11.8. The Morgan fingerprint density at radius 1 is 1.00 bits per heavy atom. The molecule has 0 aliphatic carbocycles. The summed E-state index contributed by atoms with van der Waals surface area (Å²) >= 11 is 0. The molecule has 1 unspecified atom stereocenters. The van der Waals surface area contributed by atoms with Crippen molar-refractivity contribution in [1.82, 2.24) is 5.32 Å². The monoisotopic (exact) mass is 215 g/mol. The first-order valence-corrected chi connectivity index (χ1v) is 6.28. The van der Waals surface area contributed by atoms with Gasteiger partial charge in [0.25, 0.3) is 0 Å². The first-order valence-electron chi connectivity index (χ1n) is 6.28. The topological polar surface area (TPSA) is 21.3 Å². The van der Waals surface area contributed by atoms with Crippen LogP contribution in [0.5, 0.6) is 0 Å². The van der Waals surface area contributed by atoms with Crippen molar-refractivity contribution in [3.05, 3.63) is 0 Å². The summed E-state index contributed by atoms with van der Waals surface area (Å²) in [4.78, 5) is 0. The number of ether oxygens (including phenoxy) is 1. The van der Waals surface area contributed by atoms with Crippen LogP contribution in [0.2, 0.25) is 0 Å². The highest BCUT2D eigenvalue weighted by atomic mass is 16.5. The van der Waals surface area contributed by atoms with Crippen molar-refractivity contribution in [2.24, 2.45) is 11.8 Å². The fourth-order valence-corrected chi connectivity index (χ4v) is 1.29. The molecule has 0 heterocycles. The second-order valence-electron chi connectivity index (χ2n) is 5.40. The van der Waals surface area contributed by atoms with Gasteiger partial charge in [-0.3, -0.25) is 0 Å². The molecule has 2 heteroatoms. The highest BCUT2D eigenvalue weighted by Crippen LogP contribution is 2.08. The highest BCUT2D eigenvalue weighted by molar-refractivity contribution is 4.67. The molecule has 15 heavy (non-hydrogen) atoms. The number of hydrogen-bond donors (Lipinski definition) is 1. The Labute approximate surface area is 95.8 Å². The summed E-state index contributed by atoms with van der Waals surface area (Å²) < 4.78 is 5.90. The third-order valence-electron chi connectivity index (χ3n) is 2.50. The van der Waals surface area contributed by atoms with Crippen molar-refractivity contribution in [2.75, 3.05) is 13.2 Å². The SMILES string of the molecule is CC(C)CCOC(CNC(C)C)C(C)C. The molecule has 0 aromatic heterocycles. The largest absolute Gasteiger partial charge is 0.377 e. The molecule has 0 radical (unpaired) electrons. The first kappa shape index (κ1) is 14.9. The molecule has 1 atom stereocenters. The van der Waals surface area contributed by atoms with Gasteiger partial charge in [0.15, 0.2) is 0 Å². The maximum atomic E-state index is 5.90. The van der Waals surface area contributed by atoms with Gasteiger partial charge in [-0.15, -0.1) is 0 Å². The first-order chi connectivity index (χ1) is 6.93. The zero-order valence-electron chi connectivity index (χ0n) is 11.3. The van der Waals surface area contributed by atoms with E-state index in [0.717, 1.165) is 25.5 Å². The van der Waals surface area contributed by atoms with Crippen LogP contribution in [0.25, 0.3) is 0 Å². The molecule has 0 fully saturated rings. The van der Waals surface area contributed by atoms with Crippen molar-refractivity contribution in [1.29, 1.82) is 0 Å². The summed E-state index contributed by atoms with van der Waals surface area (Å²) in [6.45, 7) is 15.1. The Kier molecular flexibility index (Phi) is 8.07. The van der Waals surface area contributed by atoms with Crippen LogP contribution < -0.4 is 5.32 Å². The lowest BCUT2D eigenvalue weighted by Crippen LogP contribution is -2.36. The maximum Gasteiger partial charge on any atom is 0.0722 e. The number of hydrogen-bond acceptors (Lipinski definition) is 2. The second-order valence-corrected chi connectivity index (χ2v) is 5.40. The zero-order valence-corrected chi connectivity index (χ0v) is 11.3. The minimum Gasteiger partial charge on any atom is -0.377 e. The van der Waals surface area contributed by atoms with E-state index in [-0.39, 0.29) is 0 Å². The molecule has 0 aliphatic heterocycles. The van der Waals surface area contributed by atoms with E-state index < -0.39 is 0 Å². The van der Waals surface area contributed by atoms with Crippen LogP contribution in [0.4, 0.5) is 0 Å². The summed E-state index contributed by atoms with van der Waals surface area (Å²) in [5.74, 6) is 1.32. The minimum atomic E-state index is 0.353. The van der Waals surface area contributed by atoms with Crippen molar-refractivity contribution in [2.45, 2.75) is 60.1 Å². The van der Waals surface area contributed by atoms with Gasteiger partial charge in [-0.2, -0.15) is 0 Å². The molecule has 0 saturated carbocycles. The number of nitrogens with one attached hydrogen (secondary N) is 1. The van der Waals surface area contributed by atoms with Crippen molar-refractivity contribution in [3.8, 4) is 0 Å². The van der Waals surface area contributed by atoms with Gasteiger partial charge in [0.05, 0.1) is 6.10 Å². The quantitative estimate of drug-likeness (QED) is 0.672. The maximum absolute atomic E-state index is 5.90. The lowest BCUT2D eigenvalue weighted by Gasteiger charge is -2.23. The van der Waals surface area contributed by atoms with Gasteiger partial charge in [0.1, 0.15) is 0 Å². The molecule has 2 nitrogen and oxygen atoms in total. The fourth-order valence-electron chi connectivity index (χ4n) is 1.29. The van der Waals surface area contributed by atoms with Gasteiger partial charge in [-0.1, -0.05) is 41.5 Å². The van der Waals surface area contributed by atoms with E-state index in [2.05, 4.69) is 46.9 Å². The predicted molar refractivity (Wildman–Crippen MR) is 67.2 cm³/mol. The molecular weight excluding hydrogens is 186 g/mol. The Morgan fingerprint density at radius 2 is 1.60 bits per heavy atom. The molecule has 92 valence electrons. The van der Waals surface area contributed by atoms with Crippen LogP contribution in [0.1, 0.15) is 48.0 Å². The predicted octanol–water partition coefficient (Wildman–Crippen LogP) is 3.07. The molecular formula is C13H29NO. The molecule has 0 bridgehead atoms. The van der Waals surface area contributed by atoms with Crippen molar-refractivity contribution < 1.29 is 4.74 Å². The van der Waals surface area contributed by atoms with E-state index in [4.69, 9.17) is 4.74 Å². The van der Waals surface area contributed by atoms with Gasteiger partial charge in [-0.25, -0.2) is 0 Å². The molecule has 0 aromatic rings. The van der Waals surface area contributed by atoms with E-state index in [1.165, 1.54) is 0 Å². The molecule has 0 aromatic carbocycles. The summed E-state index contributed by atoms with van der Waals surface area (Å²) in [6.07, 6.45) is 1.51. The molecule has 1 N–H and O–H groups in total.